The molecule has 80 valence electrons. The second kappa shape index (κ2) is 5.29. The number of carbonyl (C=O) groups is 1. The Bertz CT molecular complexity index is 230. The van der Waals surface area contributed by atoms with E-state index in [9.17, 15) is 4.79 Å². The van der Waals surface area contributed by atoms with E-state index in [-0.39, 0.29) is 12.3 Å². The maximum Gasteiger partial charge on any atom is 0.229 e. The lowest BCUT2D eigenvalue weighted by atomic mass is 9.99. The van der Waals surface area contributed by atoms with Gasteiger partial charge in [0.15, 0.2) is 0 Å². The zero-order valence-electron chi connectivity index (χ0n) is 8.66. The van der Waals surface area contributed by atoms with Gasteiger partial charge in [-0.05, 0) is 25.7 Å². The van der Waals surface area contributed by atoms with Gasteiger partial charge in [-0.1, -0.05) is 19.1 Å². The molecule has 0 spiro atoms. The highest BCUT2D eigenvalue weighted by atomic mass is 32.1. The van der Waals surface area contributed by atoms with Gasteiger partial charge in [0.1, 0.15) is 0 Å². The Morgan fingerprint density at radius 3 is 2.86 bits per heavy atom. The van der Waals surface area contributed by atoms with Crippen molar-refractivity contribution in [2.45, 2.75) is 45.1 Å². The van der Waals surface area contributed by atoms with Crippen molar-refractivity contribution in [3.05, 3.63) is 0 Å². The molecule has 0 aliphatic carbocycles. The van der Waals surface area contributed by atoms with Crippen LogP contribution in [-0.2, 0) is 4.79 Å². The Labute approximate surface area is 90.6 Å². The highest BCUT2D eigenvalue weighted by Crippen LogP contribution is 2.20. The summed E-state index contributed by atoms with van der Waals surface area (Å²) in [5, 5.41) is 0. The fraction of sp³-hybridized carbons (Fsp3) is 0.800. The fourth-order valence-corrected chi connectivity index (χ4v) is 2.13. The van der Waals surface area contributed by atoms with Crippen LogP contribution in [0.3, 0.4) is 0 Å². The molecule has 1 rings (SSSR count). The summed E-state index contributed by atoms with van der Waals surface area (Å²) in [4.78, 5) is 14.0. The molecule has 0 aromatic heterocycles. The number of nitrogens with two attached hydrogens (primary N) is 1. The van der Waals surface area contributed by atoms with Gasteiger partial charge in [0, 0.05) is 12.6 Å². The lowest BCUT2D eigenvalue weighted by Gasteiger charge is -2.35. The number of hydrogen-bond acceptors (Lipinski definition) is 2. The fourth-order valence-electron chi connectivity index (χ4n) is 2.00. The van der Waals surface area contributed by atoms with Crippen molar-refractivity contribution in [3.63, 3.8) is 0 Å². The first-order valence-corrected chi connectivity index (χ1v) is 5.63. The van der Waals surface area contributed by atoms with Crippen LogP contribution in [0.25, 0.3) is 0 Å². The average Bonchev–Trinajstić information content (AvgIpc) is 2.16. The van der Waals surface area contributed by atoms with Crippen molar-refractivity contribution < 1.29 is 4.79 Å². The van der Waals surface area contributed by atoms with E-state index in [4.69, 9.17) is 18.0 Å². The summed E-state index contributed by atoms with van der Waals surface area (Å²) in [6, 6.07) is 0.408. The molecule has 0 saturated carbocycles. The van der Waals surface area contributed by atoms with Crippen molar-refractivity contribution in [1.82, 2.24) is 4.90 Å². The van der Waals surface area contributed by atoms with Crippen LogP contribution in [-0.4, -0.2) is 28.4 Å². The van der Waals surface area contributed by atoms with Gasteiger partial charge >= 0.3 is 0 Å². The van der Waals surface area contributed by atoms with E-state index in [1.807, 2.05) is 4.90 Å². The first-order valence-electron chi connectivity index (χ1n) is 5.23. The molecule has 1 saturated heterocycles. The number of nitrogens with zero attached hydrogens (tertiary/aromatic N) is 1. The minimum absolute atomic E-state index is 0.101. The van der Waals surface area contributed by atoms with Crippen LogP contribution in [0.4, 0.5) is 0 Å². The Morgan fingerprint density at radius 1 is 1.57 bits per heavy atom. The van der Waals surface area contributed by atoms with Gasteiger partial charge in [0.05, 0.1) is 11.4 Å². The van der Waals surface area contributed by atoms with Crippen molar-refractivity contribution in [1.29, 1.82) is 0 Å². The number of rotatable bonds is 3. The first kappa shape index (κ1) is 11.4. The number of hydrogen-bond donors (Lipinski definition) is 1. The quantitative estimate of drug-likeness (QED) is 0.723. The van der Waals surface area contributed by atoms with Gasteiger partial charge in [-0.3, -0.25) is 4.79 Å². The summed E-state index contributed by atoms with van der Waals surface area (Å²) >= 11 is 4.75. The largest absolute Gasteiger partial charge is 0.393 e. The van der Waals surface area contributed by atoms with E-state index in [0.717, 1.165) is 25.8 Å². The van der Waals surface area contributed by atoms with Gasteiger partial charge in [-0.2, -0.15) is 0 Å². The van der Waals surface area contributed by atoms with Crippen molar-refractivity contribution in [3.8, 4) is 0 Å². The van der Waals surface area contributed by atoms with Gasteiger partial charge in [0.25, 0.3) is 0 Å². The van der Waals surface area contributed by atoms with E-state index in [1.54, 1.807) is 0 Å². The van der Waals surface area contributed by atoms with Crippen LogP contribution in [0.5, 0.6) is 0 Å². The number of carbonyl (C=O) groups excluding carboxylic acids is 1. The predicted octanol–water partition coefficient (Wildman–Crippen LogP) is 1.45. The molecule has 1 aliphatic rings. The second-order valence-electron chi connectivity index (χ2n) is 3.79. The average molecular weight is 214 g/mol. The molecule has 1 atom stereocenters. The topological polar surface area (TPSA) is 46.3 Å². The summed E-state index contributed by atoms with van der Waals surface area (Å²) < 4.78 is 0. The van der Waals surface area contributed by atoms with Crippen molar-refractivity contribution >= 4 is 23.1 Å². The van der Waals surface area contributed by atoms with Gasteiger partial charge in [-0.25, -0.2) is 0 Å². The van der Waals surface area contributed by atoms with Crippen LogP contribution in [0.1, 0.15) is 39.0 Å². The Balaban J connectivity index is 2.54. The van der Waals surface area contributed by atoms with E-state index in [2.05, 4.69) is 6.92 Å². The summed E-state index contributed by atoms with van der Waals surface area (Å²) in [6.45, 7) is 3.00. The van der Waals surface area contributed by atoms with E-state index in [1.165, 1.54) is 6.42 Å². The van der Waals surface area contributed by atoms with Crippen LogP contribution < -0.4 is 5.73 Å². The van der Waals surface area contributed by atoms with Gasteiger partial charge in [0.2, 0.25) is 5.91 Å². The normalized spacial score (nSPS) is 22.1. The smallest absolute Gasteiger partial charge is 0.229 e. The monoisotopic (exact) mass is 214 g/mol. The molecule has 0 radical (unpaired) electrons. The highest BCUT2D eigenvalue weighted by molar-refractivity contribution is 7.80. The number of piperidine rings is 1. The molecular formula is C10H18N2OS. The summed E-state index contributed by atoms with van der Waals surface area (Å²) in [5.74, 6) is 0.101. The molecule has 4 heteroatoms. The Morgan fingerprint density at radius 2 is 2.29 bits per heavy atom. The lowest BCUT2D eigenvalue weighted by Crippen LogP contribution is -2.44. The summed E-state index contributed by atoms with van der Waals surface area (Å²) in [6.07, 6.45) is 4.73. The zero-order chi connectivity index (χ0) is 10.6. The minimum atomic E-state index is 0.101. The molecule has 0 aromatic carbocycles. The van der Waals surface area contributed by atoms with Gasteiger partial charge in [-0.15, -0.1) is 0 Å². The molecule has 3 nitrogen and oxygen atoms in total. The lowest BCUT2D eigenvalue weighted by molar-refractivity contribution is -0.133. The number of thiocarbonyl (C=S) groups is 1. The SMILES string of the molecule is CCC1CCCCN1C(=O)CC(N)=S. The third-order valence-electron chi connectivity index (χ3n) is 2.74. The Hall–Kier alpha value is -0.640. The van der Waals surface area contributed by atoms with Crippen LogP contribution in [0.2, 0.25) is 0 Å². The molecule has 1 unspecified atom stereocenters. The summed E-state index contributed by atoms with van der Waals surface area (Å²) in [5.41, 5.74) is 5.37. The first-order chi connectivity index (χ1) is 6.65. The molecule has 0 bridgehead atoms. The van der Waals surface area contributed by atoms with Crippen molar-refractivity contribution in [2.24, 2.45) is 5.73 Å². The zero-order valence-corrected chi connectivity index (χ0v) is 9.48. The second-order valence-corrected chi connectivity index (χ2v) is 4.31. The number of likely N-dealkylation sites (tertiary alicyclic amines) is 1. The third kappa shape index (κ3) is 2.94. The van der Waals surface area contributed by atoms with Crippen LogP contribution in [0, 0.1) is 0 Å². The molecule has 1 fully saturated rings. The molecule has 1 aliphatic heterocycles. The van der Waals surface area contributed by atoms with Gasteiger partial charge < -0.3 is 10.6 Å². The highest BCUT2D eigenvalue weighted by Gasteiger charge is 2.24. The molecule has 14 heavy (non-hydrogen) atoms. The predicted molar refractivity (Wildman–Crippen MR) is 61.0 cm³/mol. The maximum absolute atomic E-state index is 11.7. The molecule has 1 heterocycles. The maximum atomic E-state index is 11.7. The molecular weight excluding hydrogens is 196 g/mol. The summed E-state index contributed by atoms with van der Waals surface area (Å²) in [7, 11) is 0. The van der Waals surface area contributed by atoms with E-state index < -0.39 is 0 Å². The standard InChI is InChI=1S/C10H18N2OS/c1-2-8-5-3-4-6-12(8)10(13)7-9(11)14/h8H,2-7H2,1H3,(H2,11,14). The van der Waals surface area contributed by atoms with Crippen LogP contribution >= 0.6 is 12.2 Å². The molecule has 0 aromatic rings. The van der Waals surface area contributed by atoms with E-state index in [0.29, 0.717) is 11.0 Å². The molecule has 1 amide bonds. The van der Waals surface area contributed by atoms with Crippen molar-refractivity contribution in [2.75, 3.05) is 6.54 Å². The molecule has 2 N–H and O–H groups in total. The minimum Gasteiger partial charge on any atom is -0.393 e. The number of amides is 1. The van der Waals surface area contributed by atoms with E-state index >= 15 is 0 Å². The third-order valence-corrected chi connectivity index (χ3v) is 2.89. The van der Waals surface area contributed by atoms with Crippen LogP contribution in [0.15, 0.2) is 0 Å². The Kier molecular flexibility index (Phi) is 4.32.